The quantitative estimate of drug-likeness (QED) is 0.881. The molecule has 7 nitrogen and oxygen atoms in total. The lowest BCUT2D eigenvalue weighted by Gasteiger charge is -2.08. The predicted molar refractivity (Wildman–Crippen MR) is 70.6 cm³/mol. The van der Waals surface area contributed by atoms with E-state index in [1.54, 1.807) is 34.5 Å². The van der Waals surface area contributed by atoms with Gasteiger partial charge in [0.2, 0.25) is 0 Å². The van der Waals surface area contributed by atoms with Crippen LogP contribution in [0, 0.1) is 0 Å². The number of carbonyl (C=O) groups excluding carboxylic acids is 1. The van der Waals surface area contributed by atoms with E-state index in [1.165, 1.54) is 6.20 Å². The highest BCUT2D eigenvalue weighted by atomic mass is 32.2. The summed E-state index contributed by atoms with van der Waals surface area (Å²) in [5.41, 5.74) is 0.287. The number of imidazole rings is 1. The molecule has 20 heavy (non-hydrogen) atoms. The molecule has 8 heteroatoms. The van der Waals surface area contributed by atoms with Crippen LogP contribution in [-0.4, -0.2) is 28.4 Å². The average molecular weight is 294 g/mol. The van der Waals surface area contributed by atoms with Crippen molar-refractivity contribution in [2.45, 2.75) is 24.4 Å². The van der Waals surface area contributed by atoms with E-state index in [0.29, 0.717) is 6.54 Å². The van der Waals surface area contributed by atoms with E-state index in [0.717, 1.165) is 18.7 Å². The maximum atomic E-state index is 12.3. The number of nitrogens with zero attached hydrogens (tertiary/aromatic N) is 3. The Hall–Kier alpha value is -2.09. The molecule has 0 unspecified atom stereocenters. The first-order valence-corrected chi connectivity index (χ1v) is 7.70. The minimum atomic E-state index is -3.90. The fourth-order valence-corrected chi connectivity index (χ4v) is 3.50. The molecule has 0 fully saturated rings. The third-order valence-corrected chi connectivity index (χ3v) is 4.69. The smallest absolute Gasteiger partial charge is 0.281 e. The monoisotopic (exact) mass is 294 g/mol. The third kappa shape index (κ3) is 2.01. The van der Waals surface area contributed by atoms with Crippen molar-refractivity contribution in [2.75, 3.05) is 0 Å². The molecule has 1 amide bonds. The zero-order valence-electron chi connectivity index (χ0n) is 10.9. The number of amides is 1. The lowest BCUT2D eigenvalue weighted by molar-refractivity contribution is 0.0973. The number of carbonyl (C=O) groups is 1. The van der Waals surface area contributed by atoms with Gasteiger partial charge >= 0.3 is 0 Å². The minimum absolute atomic E-state index is 0.0487. The van der Waals surface area contributed by atoms with Crippen LogP contribution in [0.5, 0.6) is 0 Å². The predicted octanol–water partition coefficient (Wildman–Crippen LogP) is 0.286. The summed E-state index contributed by atoms with van der Waals surface area (Å²) in [5.74, 6) is 0.0998. The van der Waals surface area contributed by atoms with Gasteiger partial charge in [0.25, 0.3) is 15.9 Å². The Kier molecular flexibility index (Phi) is 2.89. The molecule has 0 atom stereocenters. The molecule has 0 spiro atoms. The molecule has 0 saturated heterocycles. The second kappa shape index (κ2) is 4.48. The molecule has 3 rings (SSSR count). The zero-order chi connectivity index (χ0) is 14.3. The van der Waals surface area contributed by atoms with Crippen molar-refractivity contribution < 1.29 is 13.2 Å². The van der Waals surface area contributed by atoms with E-state index < -0.39 is 15.9 Å². The van der Waals surface area contributed by atoms with Crippen molar-refractivity contribution in [2.24, 2.45) is 7.05 Å². The van der Waals surface area contributed by atoms with Crippen LogP contribution in [0.2, 0.25) is 0 Å². The lowest BCUT2D eigenvalue weighted by Crippen LogP contribution is -2.33. The SMILES string of the molecule is Cn1cccc1C(=O)NS(=O)(=O)c1cnc2n1CCC2. The summed E-state index contributed by atoms with van der Waals surface area (Å²) < 4.78 is 29.8. The molecule has 0 saturated carbocycles. The van der Waals surface area contributed by atoms with Gasteiger partial charge in [-0.05, 0) is 18.6 Å². The van der Waals surface area contributed by atoms with Gasteiger partial charge in [0.05, 0.1) is 6.20 Å². The number of hydrogen-bond acceptors (Lipinski definition) is 4. The first-order valence-electron chi connectivity index (χ1n) is 6.22. The standard InChI is InChI=1S/C12H14N4O3S/c1-15-6-2-4-9(15)12(17)14-20(18,19)11-8-13-10-5-3-7-16(10)11/h2,4,6,8H,3,5,7H2,1H3,(H,14,17). The molecule has 0 aliphatic carbocycles. The molecular weight excluding hydrogens is 280 g/mol. The van der Waals surface area contributed by atoms with Crippen molar-refractivity contribution in [3.05, 3.63) is 36.0 Å². The molecule has 106 valence electrons. The summed E-state index contributed by atoms with van der Waals surface area (Å²) in [6.45, 7) is 0.615. The lowest BCUT2D eigenvalue weighted by atomic mass is 10.4. The highest BCUT2D eigenvalue weighted by molar-refractivity contribution is 7.90. The molecule has 1 aliphatic heterocycles. The molecule has 2 aromatic heterocycles. The van der Waals surface area contributed by atoms with E-state index in [-0.39, 0.29) is 10.7 Å². The van der Waals surface area contributed by atoms with Gasteiger partial charge in [-0.3, -0.25) is 4.79 Å². The van der Waals surface area contributed by atoms with E-state index in [2.05, 4.69) is 9.71 Å². The summed E-state index contributed by atoms with van der Waals surface area (Å²) in [4.78, 5) is 16.1. The Morgan fingerprint density at radius 3 is 2.95 bits per heavy atom. The number of sulfonamides is 1. The molecular formula is C12H14N4O3S. The minimum Gasteiger partial charge on any atom is -0.347 e. The number of aryl methyl sites for hydroxylation is 2. The number of aromatic nitrogens is 3. The molecule has 0 aromatic carbocycles. The first-order chi connectivity index (χ1) is 9.49. The largest absolute Gasteiger partial charge is 0.347 e. The van der Waals surface area contributed by atoms with Crippen LogP contribution in [0.15, 0.2) is 29.6 Å². The van der Waals surface area contributed by atoms with Crippen molar-refractivity contribution >= 4 is 15.9 Å². The highest BCUT2D eigenvalue weighted by Crippen LogP contribution is 2.19. The Bertz CT molecular complexity index is 772. The van der Waals surface area contributed by atoms with Gasteiger partial charge in [-0.2, -0.15) is 8.42 Å². The summed E-state index contributed by atoms with van der Waals surface area (Å²) in [6, 6.07) is 3.24. The van der Waals surface area contributed by atoms with Gasteiger partial charge in [0.15, 0.2) is 5.03 Å². The van der Waals surface area contributed by atoms with E-state index in [9.17, 15) is 13.2 Å². The van der Waals surface area contributed by atoms with Gasteiger partial charge in [-0.15, -0.1) is 0 Å². The van der Waals surface area contributed by atoms with Gasteiger partial charge in [0.1, 0.15) is 11.5 Å². The number of rotatable bonds is 3. The van der Waals surface area contributed by atoms with Crippen molar-refractivity contribution in [1.29, 1.82) is 0 Å². The second-order valence-corrected chi connectivity index (χ2v) is 6.34. The summed E-state index contributed by atoms with van der Waals surface area (Å²) in [5, 5.41) is 0.0487. The van der Waals surface area contributed by atoms with Crippen LogP contribution in [-0.2, 0) is 30.0 Å². The first kappa shape index (κ1) is 12.9. The zero-order valence-corrected chi connectivity index (χ0v) is 11.7. The molecule has 0 bridgehead atoms. The van der Waals surface area contributed by atoms with Crippen molar-refractivity contribution in [3.8, 4) is 0 Å². The van der Waals surface area contributed by atoms with E-state index in [1.807, 2.05) is 0 Å². The van der Waals surface area contributed by atoms with Gasteiger partial charge in [-0.25, -0.2) is 9.71 Å². The molecule has 0 radical (unpaired) electrons. The molecule has 1 N–H and O–H groups in total. The van der Waals surface area contributed by atoms with Gasteiger partial charge < -0.3 is 9.13 Å². The Morgan fingerprint density at radius 1 is 1.45 bits per heavy atom. The normalized spacial score (nSPS) is 14.2. The van der Waals surface area contributed by atoms with Crippen LogP contribution in [0.3, 0.4) is 0 Å². The van der Waals surface area contributed by atoms with Gasteiger partial charge in [-0.1, -0.05) is 0 Å². The van der Waals surface area contributed by atoms with Crippen molar-refractivity contribution in [1.82, 2.24) is 18.8 Å². The average Bonchev–Trinajstić information content (AvgIpc) is 3.01. The Labute approximate surface area is 116 Å². The Balaban J connectivity index is 1.90. The highest BCUT2D eigenvalue weighted by Gasteiger charge is 2.27. The topological polar surface area (TPSA) is 86.0 Å². The van der Waals surface area contributed by atoms with Gasteiger partial charge in [0, 0.05) is 26.2 Å². The number of nitrogens with one attached hydrogen (secondary N) is 1. The van der Waals surface area contributed by atoms with Crippen LogP contribution in [0.1, 0.15) is 22.7 Å². The maximum Gasteiger partial charge on any atom is 0.281 e. The molecule has 3 heterocycles. The third-order valence-electron chi connectivity index (χ3n) is 3.36. The molecule has 2 aromatic rings. The van der Waals surface area contributed by atoms with E-state index >= 15 is 0 Å². The van der Waals surface area contributed by atoms with E-state index in [4.69, 9.17) is 0 Å². The number of hydrogen-bond donors (Lipinski definition) is 1. The summed E-state index contributed by atoms with van der Waals surface area (Å²) in [7, 11) is -2.22. The summed E-state index contributed by atoms with van der Waals surface area (Å²) >= 11 is 0. The maximum absolute atomic E-state index is 12.3. The fourth-order valence-electron chi connectivity index (χ4n) is 2.37. The van der Waals surface area contributed by atoms with Crippen LogP contribution in [0.4, 0.5) is 0 Å². The fraction of sp³-hybridized carbons (Fsp3) is 0.333. The molecule has 1 aliphatic rings. The Morgan fingerprint density at radius 2 is 2.25 bits per heavy atom. The number of fused-ring (bicyclic) bond motifs is 1. The second-order valence-electron chi connectivity index (χ2n) is 4.71. The van der Waals surface area contributed by atoms with Crippen molar-refractivity contribution in [3.63, 3.8) is 0 Å². The van der Waals surface area contributed by atoms with Crippen LogP contribution >= 0.6 is 0 Å². The van der Waals surface area contributed by atoms with Crippen LogP contribution in [0.25, 0.3) is 0 Å². The summed E-state index contributed by atoms with van der Waals surface area (Å²) in [6.07, 6.45) is 4.62. The van der Waals surface area contributed by atoms with Crippen LogP contribution < -0.4 is 4.72 Å².